The highest BCUT2D eigenvalue weighted by molar-refractivity contribution is 7.89. The molecule has 172 valence electrons. The fourth-order valence-corrected chi connectivity index (χ4v) is 5.62. The lowest BCUT2D eigenvalue weighted by atomic mass is 10.1. The first kappa shape index (κ1) is 23.3. The van der Waals surface area contributed by atoms with Gasteiger partial charge in [0.05, 0.1) is 11.3 Å². The van der Waals surface area contributed by atoms with Gasteiger partial charge in [-0.15, -0.1) is 0 Å². The Hall–Kier alpha value is -2.33. The Bertz CT molecular complexity index is 1080. The molecule has 9 nitrogen and oxygen atoms in total. The zero-order valence-electron chi connectivity index (χ0n) is 18.6. The van der Waals surface area contributed by atoms with Crippen LogP contribution < -0.4 is 11.1 Å². The second-order valence-electron chi connectivity index (χ2n) is 8.36. The summed E-state index contributed by atoms with van der Waals surface area (Å²) in [6.07, 6.45) is 2.70. The van der Waals surface area contributed by atoms with Gasteiger partial charge >= 0.3 is 11.8 Å². The Balaban J connectivity index is 1.62. The minimum Gasteiger partial charge on any atom is -0.408 e. The fourth-order valence-electron chi connectivity index (χ4n) is 3.94. The molecule has 3 rings (SSSR count). The molecule has 0 unspecified atom stereocenters. The number of hydrogen-bond acceptors (Lipinski definition) is 5. The van der Waals surface area contributed by atoms with E-state index in [4.69, 9.17) is 4.42 Å². The van der Waals surface area contributed by atoms with Crippen molar-refractivity contribution in [2.45, 2.75) is 58.5 Å². The molecule has 0 spiro atoms. The van der Waals surface area contributed by atoms with Gasteiger partial charge in [0, 0.05) is 44.0 Å². The number of nitrogens with zero attached hydrogens (tertiary/aromatic N) is 3. The zero-order valence-corrected chi connectivity index (χ0v) is 19.4. The number of nitrogens with one attached hydrogen (secondary N) is 1. The Labute approximate surface area is 183 Å². The van der Waals surface area contributed by atoms with Crippen molar-refractivity contribution >= 4 is 32.8 Å². The van der Waals surface area contributed by atoms with Crippen molar-refractivity contribution in [2.75, 3.05) is 31.2 Å². The van der Waals surface area contributed by atoms with Crippen LogP contribution in [0.25, 0.3) is 11.1 Å². The van der Waals surface area contributed by atoms with Crippen molar-refractivity contribution in [3.05, 3.63) is 28.7 Å². The normalized spacial score (nSPS) is 16.2. The number of hydrogen-bond donors (Lipinski definition) is 1. The molecule has 0 aliphatic carbocycles. The molecular formula is C21H32N4O5S. The van der Waals surface area contributed by atoms with Gasteiger partial charge in [-0.05, 0) is 45.2 Å². The van der Waals surface area contributed by atoms with Crippen LogP contribution in [-0.2, 0) is 10.0 Å². The summed E-state index contributed by atoms with van der Waals surface area (Å²) >= 11 is 0. The van der Waals surface area contributed by atoms with Gasteiger partial charge in [0.15, 0.2) is 5.58 Å². The van der Waals surface area contributed by atoms with Gasteiger partial charge in [-0.3, -0.25) is 4.57 Å². The van der Waals surface area contributed by atoms with Crippen LogP contribution in [-0.4, -0.2) is 60.2 Å². The third-order valence-electron chi connectivity index (χ3n) is 5.82. The molecule has 2 aromatic rings. The topological polar surface area (TPSA) is 105 Å². The molecular weight excluding hydrogens is 420 g/mol. The highest BCUT2D eigenvalue weighted by Gasteiger charge is 2.30. The summed E-state index contributed by atoms with van der Waals surface area (Å²) in [4.78, 5) is 26.4. The molecule has 0 bridgehead atoms. The second-order valence-corrected chi connectivity index (χ2v) is 10.4. The quantitative estimate of drug-likeness (QED) is 0.694. The molecule has 1 fully saturated rings. The van der Waals surface area contributed by atoms with Gasteiger partial charge in [-0.1, -0.05) is 13.3 Å². The van der Waals surface area contributed by atoms with Crippen LogP contribution >= 0.6 is 0 Å². The lowest BCUT2D eigenvalue weighted by Crippen LogP contribution is -2.48. The van der Waals surface area contributed by atoms with Crippen LogP contribution in [0.5, 0.6) is 0 Å². The summed E-state index contributed by atoms with van der Waals surface area (Å²) in [6, 6.07) is 4.79. The molecule has 2 heterocycles. The van der Waals surface area contributed by atoms with E-state index in [0.717, 1.165) is 6.42 Å². The number of aromatic nitrogens is 1. The lowest BCUT2D eigenvalue weighted by molar-refractivity contribution is 0.174. The molecule has 2 amide bonds. The summed E-state index contributed by atoms with van der Waals surface area (Å²) in [5, 5.41) is 2.84. The van der Waals surface area contributed by atoms with Crippen LogP contribution in [0.3, 0.4) is 0 Å². The number of fused-ring (bicyclic) bond motifs is 1. The minimum atomic E-state index is -3.22. The maximum Gasteiger partial charge on any atom is 0.420 e. The molecule has 1 aliphatic heterocycles. The van der Waals surface area contributed by atoms with Crippen molar-refractivity contribution in [3.8, 4) is 0 Å². The van der Waals surface area contributed by atoms with E-state index in [1.807, 2.05) is 20.8 Å². The summed E-state index contributed by atoms with van der Waals surface area (Å²) in [5.41, 5.74) is 1.64. The molecule has 1 saturated heterocycles. The van der Waals surface area contributed by atoms with E-state index in [0.29, 0.717) is 49.1 Å². The number of piperidine rings is 1. The largest absolute Gasteiger partial charge is 0.420 e. The molecule has 31 heavy (non-hydrogen) atoms. The number of unbranched alkanes of at least 4 members (excludes halogenated alkanes) is 1. The summed E-state index contributed by atoms with van der Waals surface area (Å²) in [5.74, 6) is -0.243. The van der Waals surface area contributed by atoms with E-state index in [1.165, 1.54) is 0 Å². The van der Waals surface area contributed by atoms with Crippen molar-refractivity contribution in [1.82, 2.24) is 13.8 Å². The van der Waals surface area contributed by atoms with Gasteiger partial charge in [0.2, 0.25) is 10.0 Å². The molecule has 1 aromatic carbocycles. The number of oxazole rings is 1. The van der Waals surface area contributed by atoms with Crippen LogP contribution in [0.15, 0.2) is 27.4 Å². The Morgan fingerprint density at radius 1 is 1.29 bits per heavy atom. The third-order valence-corrected chi connectivity index (χ3v) is 7.78. The predicted octanol–water partition coefficient (Wildman–Crippen LogP) is 3.23. The maximum atomic E-state index is 12.7. The van der Waals surface area contributed by atoms with Crippen molar-refractivity contribution in [2.24, 2.45) is 0 Å². The average molecular weight is 453 g/mol. The molecule has 1 aromatic heterocycles. The van der Waals surface area contributed by atoms with E-state index in [9.17, 15) is 18.0 Å². The number of rotatable bonds is 7. The van der Waals surface area contributed by atoms with E-state index in [1.54, 1.807) is 39.0 Å². The van der Waals surface area contributed by atoms with Gasteiger partial charge < -0.3 is 14.6 Å². The number of amides is 2. The number of carbonyl (C=O) groups is 1. The van der Waals surface area contributed by atoms with Gasteiger partial charge in [0.25, 0.3) is 0 Å². The SMILES string of the molecule is CCCCS(=O)(=O)N1CCC(N(C)C(=O)Nc2ccc3c(c2)oc(=O)n3C(C)C)CC1. The minimum absolute atomic E-state index is 0.0306. The summed E-state index contributed by atoms with van der Waals surface area (Å²) in [6.45, 7) is 6.63. The van der Waals surface area contributed by atoms with Gasteiger partial charge in [-0.25, -0.2) is 22.3 Å². The first-order valence-corrected chi connectivity index (χ1v) is 12.4. The van der Waals surface area contributed by atoms with Gasteiger partial charge in [-0.2, -0.15) is 0 Å². The molecule has 1 aliphatic rings. The standard InChI is InChI=1S/C21H32N4O5S/c1-5-6-13-31(28,29)24-11-9-17(10-12-24)23(4)20(26)22-16-7-8-18-19(14-16)30-21(27)25(18)15(2)3/h7-8,14-15,17H,5-6,9-13H2,1-4H3,(H,22,26). The monoisotopic (exact) mass is 452 g/mol. The zero-order chi connectivity index (χ0) is 22.8. The summed E-state index contributed by atoms with van der Waals surface area (Å²) < 4.78 is 33.2. The number of benzene rings is 1. The predicted molar refractivity (Wildman–Crippen MR) is 121 cm³/mol. The molecule has 10 heteroatoms. The highest BCUT2D eigenvalue weighted by Crippen LogP contribution is 2.23. The Kier molecular flexibility index (Phi) is 7.10. The number of urea groups is 1. The van der Waals surface area contributed by atoms with Gasteiger partial charge in [0.1, 0.15) is 0 Å². The smallest absolute Gasteiger partial charge is 0.408 e. The molecule has 0 atom stereocenters. The highest BCUT2D eigenvalue weighted by atomic mass is 32.2. The van der Waals surface area contributed by atoms with Crippen LogP contribution in [0.2, 0.25) is 0 Å². The van der Waals surface area contributed by atoms with E-state index >= 15 is 0 Å². The second kappa shape index (κ2) is 9.44. The van der Waals surface area contributed by atoms with E-state index in [-0.39, 0.29) is 23.9 Å². The van der Waals surface area contributed by atoms with E-state index in [2.05, 4.69) is 5.32 Å². The Morgan fingerprint density at radius 2 is 1.97 bits per heavy atom. The molecule has 0 radical (unpaired) electrons. The number of carbonyl (C=O) groups excluding carboxylic acids is 1. The van der Waals surface area contributed by atoms with Crippen LogP contribution in [0.1, 0.15) is 52.5 Å². The van der Waals surface area contributed by atoms with Crippen molar-refractivity contribution in [1.29, 1.82) is 0 Å². The molecule has 1 N–H and O–H groups in total. The van der Waals surface area contributed by atoms with Crippen LogP contribution in [0, 0.1) is 0 Å². The number of anilines is 1. The van der Waals surface area contributed by atoms with Crippen molar-refractivity contribution in [3.63, 3.8) is 0 Å². The number of sulfonamides is 1. The fraction of sp³-hybridized carbons (Fsp3) is 0.619. The molecule has 0 saturated carbocycles. The average Bonchev–Trinajstić information content (AvgIpc) is 3.06. The first-order valence-electron chi connectivity index (χ1n) is 10.8. The maximum absolute atomic E-state index is 12.7. The Morgan fingerprint density at radius 3 is 2.58 bits per heavy atom. The first-order chi connectivity index (χ1) is 14.6. The van der Waals surface area contributed by atoms with Crippen molar-refractivity contribution < 1.29 is 17.6 Å². The third kappa shape index (κ3) is 5.12. The lowest BCUT2D eigenvalue weighted by Gasteiger charge is -2.36. The van der Waals surface area contributed by atoms with Crippen LogP contribution in [0.4, 0.5) is 10.5 Å². The van der Waals surface area contributed by atoms with E-state index < -0.39 is 15.8 Å². The summed E-state index contributed by atoms with van der Waals surface area (Å²) in [7, 11) is -1.50.